The highest BCUT2D eigenvalue weighted by molar-refractivity contribution is 6.06. The van der Waals surface area contributed by atoms with E-state index in [-0.39, 0.29) is 5.69 Å². The van der Waals surface area contributed by atoms with Crippen LogP contribution in [0, 0.1) is 32.4 Å². The highest BCUT2D eigenvalue weighted by Crippen LogP contribution is 2.20. The molecule has 1 amide bonds. The lowest BCUT2D eigenvalue weighted by Crippen LogP contribution is -2.16. The first-order chi connectivity index (χ1) is 9.38. The van der Waals surface area contributed by atoms with Crippen molar-refractivity contribution in [1.82, 2.24) is 0 Å². The molecule has 0 atom stereocenters. The van der Waals surface area contributed by atoms with E-state index in [1.807, 2.05) is 32.9 Å². The van der Waals surface area contributed by atoms with Crippen LogP contribution >= 0.6 is 0 Å². The molecule has 0 saturated heterocycles. The summed E-state index contributed by atoms with van der Waals surface area (Å²) >= 11 is 0. The summed E-state index contributed by atoms with van der Waals surface area (Å²) < 4.78 is 26.4. The monoisotopic (exact) mass is 275 g/mol. The molecular formula is C16H15F2NO. The van der Waals surface area contributed by atoms with Crippen LogP contribution in [-0.2, 0) is 0 Å². The molecule has 4 heteroatoms. The van der Waals surface area contributed by atoms with Gasteiger partial charge in [-0.3, -0.25) is 4.79 Å². The highest BCUT2D eigenvalue weighted by atomic mass is 19.1. The van der Waals surface area contributed by atoms with Gasteiger partial charge in [0.1, 0.15) is 11.6 Å². The van der Waals surface area contributed by atoms with Gasteiger partial charge >= 0.3 is 0 Å². The summed E-state index contributed by atoms with van der Waals surface area (Å²) in [5.41, 5.74) is 3.18. The van der Waals surface area contributed by atoms with E-state index < -0.39 is 17.5 Å². The molecule has 0 unspecified atom stereocenters. The summed E-state index contributed by atoms with van der Waals surface area (Å²) in [6.07, 6.45) is 0. The zero-order valence-electron chi connectivity index (χ0n) is 11.6. The van der Waals surface area contributed by atoms with E-state index in [1.165, 1.54) is 6.07 Å². The lowest BCUT2D eigenvalue weighted by atomic mass is 9.99. The van der Waals surface area contributed by atoms with Gasteiger partial charge < -0.3 is 5.32 Å². The van der Waals surface area contributed by atoms with Gasteiger partial charge in [-0.1, -0.05) is 17.7 Å². The van der Waals surface area contributed by atoms with Gasteiger partial charge in [0.2, 0.25) is 0 Å². The van der Waals surface area contributed by atoms with Gasteiger partial charge in [0.05, 0.1) is 5.69 Å². The molecule has 0 aliphatic carbocycles. The fourth-order valence-electron chi connectivity index (χ4n) is 2.31. The van der Waals surface area contributed by atoms with E-state index in [1.54, 1.807) is 0 Å². The Balaban J connectivity index is 2.33. The van der Waals surface area contributed by atoms with Crippen molar-refractivity contribution in [2.24, 2.45) is 0 Å². The molecule has 0 bridgehead atoms. The smallest absolute Gasteiger partial charge is 0.256 e. The molecule has 20 heavy (non-hydrogen) atoms. The third kappa shape index (κ3) is 2.85. The Morgan fingerprint density at radius 2 is 1.60 bits per heavy atom. The minimum absolute atomic E-state index is 0.0317. The van der Waals surface area contributed by atoms with Crippen molar-refractivity contribution in [2.45, 2.75) is 20.8 Å². The maximum Gasteiger partial charge on any atom is 0.256 e. The number of aryl methyl sites for hydroxylation is 3. The van der Waals surface area contributed by atoms with Crippen LogP contribution < -0.4 is 5.32 Å². The number of nitrogens with one attached hydrogen (secondary N) is 1. The number of hydrogen-bond donors (Lipinski definition) is 1. The van der Waals surface area contributed by atoms with E-state index in [0.29, 0.717) is 5.56 Å². The number of carbonyl (C=O) groups is 1. The third-order valence-corrected chi connectivity index (χ3v) is 3.08. The van der Waals surface area contributed by atoms with Crippen molar-refractivity contribution in [3.63, 3.8) is 0 Å². The molecule has 0 aromatic heterocycles. The number of hydrogen-bond acceptors (Lipinski definition) is 1. The second-order valence-corrected chi connectivity index (χ2v) is 4.85. The molecule has 2 rings (SSSR count). The molecular weight excluding hydrogens is 260 g/mol. The number of amides is 1. The standard InChI is InChI=1S/C16H15F2NO/c1-9-6-10(2)15(11(3)7-9)16(20)19-14-5-4-12(17)8-13(14)18/h4-8H,1-3H3,(H,19,20). The minimum Gasteiger partial charge on any atom is -0.319 e. The molecule has 1 N–H and O–H groups in total. The molecule has 0 saturated carbocycles. The fourth-order valence-corrected chi connectivity index (χ4v) is 2.31. The van der Waals surface area contributed by atoms with Crippen molar-refractivity contribution >= 4 is 11.6 Å². The Bertz CT molecular complexity index is 657. The molecule has 2 aromatic carbocycles. The molecule has 0 radical (unpaired) electrons. The average molecular weight is 275 g/mol. The zero-order chi connectivity index (χ0) is 14.9. The van der Waals surface area contributed by atoms with E-state index in [9.17, 15) is 13.6 Å². The van der Waals surface area contributed by atoms with Crippen molar-refractivity contribution in [3.05, 3.63) is 64.2 Å². The van der Waals surface area contributed by atoms with Crippen LogP contribution in [0.1, 0.15) is 27.0 Å². The SMILES string of the molecule is Cc1cc(C)c(C(=O)Nc2ccc(F)cc2F)c(C)c1. The molecule has 0 aliphatic heterocycles. The van der Waals surface area contributed by atoms with Crippen molar-refractivity contribution in [1.29, 1.82) is 0 Å². The molecule has 104 valence electrons. The summed E-state index contributed by atoms with van der Waals surface area (Å²) in [5, 5.41) is 2.47. The van der Waals surface area contributed by atoms with Crippen LogP contribution in [0.25, 0.3) is 0 Å². The van der Waals surface area contributed by atoms with Crippen LogP contribution in [0.3, 0.4) is 0 Å². The summed E-state index contributed by atoms with van der Waals surface area (Å²) in [5.74, 6) is -1.87. The highest BCUT2D eigenvalue weighted by Gasteiger charge is 2.14. The first-order valence-electron chi connectivity index (χ1n) is 6.22. The van der Waals surface area contributed by atoms with Gasteiger partial charge in [0, 0.05) is 11.6 Å². The lowest BCUT2D eigenvalue weighted by molar-refractivity contribution is 0.102. The summed E-state index contributed by atoms with van der Waals surface area (Å²) in [4.78, 5) is 12.2. The van der Waals surface area contributed by atoms with Crippen molar-refractivity contribution in [3.8, 4) is 0 Å². The third-order valence-electron chi connectivity index (χ3n) is 3.08. The summed E-state index contributed by atoms with van der Waals surface area (Å²) in [6, 6.07) is 6.84. The maximum absolute atomic E-state index is 13.5. The molecule has 0 heterocycles. The van der Waals surface area contributed by atoms with Crippen LogP contribution in [0.4, 0.5) is 14.5 Å². The largest absolute Gasteiger partial charge is 0.319 e. The topological polar surface area (TPSA) is 29.1 Å². The normalized spacial score (nSPS) is 10.4. The lowest BCUT2D eigenvalue weighted by Gasteiger charge is -2.12. The van der Waals surface area contributed by atoms with Gasteiger partial charge in [-0.15, -0.1) is 0 Å². The predicted molar refractivity (Wildman–Crippen MR) is 75.0 cm³/mol. The molecule has 2 nitrogen and oxygen atoms in total. The van der Waals surface area contributed by atoms with Gasteiger partial charge in [-0.25, -0.2) is 8.78 Å². The molecule has 0 aliphatic rings. The van der Waals surface area contributed by atoms with Crippen LogP contribution in [0.5, 0.6) is 0 Å². The maximum atomic E-state index is 13.5. The summed E-state index contributed by atoms with van der Waals surface area (Å²) in [6.45, 7) is 5.60. The number of carbonyl (C=O) groups excluding carboxylic acids is 1. The minimum atomic E-state index is -0.791. The second-order valence-electron chi connectivity index (χ2n) is 4.85. The van der Waals surface area contributed by atoms with Crippen LogP contribution in [0.15, 0.2) is 30.3 Å². The second kappa shape index (κ2) is 5.41. The van der Waals surface area contributed by atoms with E-state index in [4.69, 9.17) is 0 Å². The van der Waals surface area contributed by atoms with Crippen molar-refractivity contribution in [2.75, 3.05) is 5.32 Å². The van der Waals surface area contributed by atoms with Crippen LogP contribution in [0.2, 0.25) is 0 Å². The zero-order valence-corrected chi connectivity index (χ0v) is 11.6. The van der Waals surface area contributed by atoms with E-state index in [0.717, 1.165) is 28.8 Å². The Morgan fingerprint density at radius 3 is 2.15 bits per heavy atom. The van der Waals surface area contributed by atoms with Gasteiger partial charge in [0.25, 0.3) is 5.91 Å². The quantitative estimate of drug-likeness (QED) is 0.876. The average Bonchev–Trinajstić information content (AvgIpc) is 2.31. The predicted octanol–water partition coefficient (Wildman–Crippen LogP) is 4.14. The van der Waals surface area contributed by atoms with Gasteiger partial charge in [-0.2, -0.15) is 0 Å². The fraction of sp³-hybridized carbons (Fsp3) is 0.188. The number of benzene rings is 2. The first-order valence-corrected chi connectivity index (χ1v) is 6.22. The van der Waals surface area contributed by atoms with Gasteiger partial charge in [0.15, 0.2) is 0 Å². The molecule has 2 aromatic rings. The van der Waals surface area contributed by atoms with Crippen molar-refractivity contribution < 1.29 is 13.6 Å². The Morgan fingerprint density at radius 1 is 1.00 bits per heavy atom. The number of halogens is 2. The van der Waals surface area contributed by atoms with Crippen LogP contribution in [-0.4, -0.2) is 5.91 Å². The number of anilines is 1. The number of rotatable bonds is 2. The molecule has 0 fully saturated rings. The van der Waals surface area contributed by atoms with Gasteiger partial charge in [-0.05, 0) is 44.0 Å². The first kappa shape index (κ1) is 14.2. The Hall–Kier alpha value is -2.23. The Labute approximate surface area is 116 Å². The summed E-state index contributed by atoms with van der Waals surface area (Å²) in [7, 11) is 0. The molecule has 0 spiro atoms. The van der Waals surface area contributed by atoms with E-state index >= 15 is 0 Å². The Kier molecular flexibility index (Phi) is 3.84. The van der Waals surface area contributed by atoms with E-state index in [2.05, 4.69) is 5.32 Å².